The SMILES string of the molecule is CN(C)CCCc1ccc(/C(=C(/CCCCCCCCCCn2nnc3ccccc32)c2ccccc2)c2ccccc2)cc1. The lowest BCUT2D eigenvalue weighted by atomic mass is 9.86. The second-order valence-corrected chi connectivity index (χ2v) is 12.6. The van der Waals surface area contributed by atoms with Gasteiger partial charge >= 0.3 is 0 Å². The molecule has 0 radical (unpaired) electrons. The van der Waals surface area contributed by atoms with Crippen LogP contribution in [0.2, 0.25) is 0 Å². The lowest BCUT2D eigenvalue weighted by Gasteiger charge is -2.18. The van der Waals surface area contributed by atoms with Crippen LogP contribution in [0.1, 0.15) is 86.5 Å². The monoisotopic (exact) mass is 598 g/mol. The molecule has 234 valence electrons. The first-order valence-electron chi connectivity index (χ1n) is 17.1. The second-order valence-electron chi connectivity index (χ2n) is 12.6. The van der Waals surface area contributed by atoms with Crippen molar-refractivity contribution < 1.29 is 0 Å². The van der Waals surface area contributed by atoms with E-state index in [2.05, 4.69) is 131 Å². The Morgan fingerprint density at radius 3 is 1.84 bits per heavy atom. The average Bonchev–Trinajstić information content (AvgIpc) is 3.49. The lowest BCUT2D eigenvalue weighted by Crippen LogP contribution is -2.13. The summed E-state index contributed by atoms with van der Waals surface area (Å²) in [6.07, 6.45) is 13.5. The minimum Gasteiger partial charge on any atom is -0.309 e. The number of allylic oxidation sites excluding steroid dienone is 1. The minimum atomic E-state index is 0.956. The molecule has 0 unspecified atom stereocenters. The number of hydrogen-bond donors (Lipinski definition) is 0. The zero-order valence-electron chi connectivity index (χ0n) is 27.4. The van der Waals surface area contributed by atoms with Crippen LogP contribution in [0.25, 0.3) is 22.2 Å². The van der Waals surface area contributed by atoms with Gasteiger partial charge in [0, 0.05) is 6.54 Å². The number of unbranched alkanes of at least 4 members (excludes halogenated alkanes) is 7. The molecule has 0 saturated carbocycles. The van der Waals surface area contributed by atoms with Gasteiger partial charge < -0.3 is 4.90 Å². The molecule has 0 amide bonds. The van der Waals surface area contributed by atoms with Crippen LogP contribution in [-0.4, -0.2) is 40.5 Å². The van der Waals surface area contributed by atoms with Gasteiger partial charge in [-0.05, 0) is 98.3 Å². The Labute approximate surface area is 270 Å². The van der Waals surface area contributed by atoms with Crippen molar-refractivity contribution >= 4 is 22.2 Å². The van der Waals surface area contributed by atoms with E-state index in [9.17, 15) is 0 Å². The van der Waals surface area contributed by atoms with E-state index in [1.165, 1.54) is 84.8 Å². The molecule has 1 aromatic heterocycles. The quantitative estimate of drug-likeness (QED) is 0.0743. The van der Waals surface area contributed by atoms with Gasteiger partial charge in [-0.15, -0.1) is 5.10 Å². The summed E-state index contributed by atoms with van der Waals surface area (Å²) in [5.74, 6) is 0. The van der Waals surface area contributed by atoms with Gasteiger partial charge in [-0.1, -0.05) is 141 Å². The van der Waals surface area contributed by atoms with E-state index in [1.807, 2.05) is 12.1 Å². The second kappa shape index (κ2) is 17.5. The molecule has 4 nitrogen and oxygen atoms in total. The topological polar surface area (TPSA) is 34.0 Å². The molecule has 0 atom stereocenters. The maximum Gasteiger partial charge on any atom is 0.113 e. The first-order valence-corrected chi connectivity index (χ1v) is 17.1. The summed E-state index contributed by atoms with van der Waals surface area (Å²) in [6, 6.07) is 39.7. The van der Waals surface area contributed by atoms with E-state index in [-0.39, 0.29) is 0 Å². The summed E-state index contributed by atoms with van der Waals surface area (Å²) in [6.45, 7) is 2.08. The van der Waals surface area contributed by atoms with Crippen molar-refractivity contribution in [1.29, 1.82) is 0 Å². The van der Waals surface area contributed by atoms with Crippen LogP contribution in [0.4, 0.5) is 0 Å². The van der Waals surface area contributed by atoms with Crippen molar-refractivity contribution in [3.63, 3.8) is 0 Å². The molecule has 4 heteroatoms. The predicted molar refractivity (Wildman–Crippen MR) is 191 cm³/mol. The molecule has 5 rings (SSSR count). The number of fused-ring (bicyclic) bond motifs is 1. The van der Waals surface area contributed by atoms with Crippen LogP contribution in [-0.2, 0) is 13.0 Å². The molecule has 0 N–H and O–H groups in total. The normalized spacial score (nSPS) is 12.2. The molecule has 0 aliphatic rings. The summed E-state index contributed by atoms with van der Waals surface area (Å²) < 4.78 is 2.05. The Balaban J connectivity index is 1.16. The maximum absolute atomic E-state index is 4.33. The highest BCUT2D eigenvalue weighted by Crippen LogP contribution is 2.36. The fraction of sp³-hybridized carbons (Fsp3) is 0.366. The highest BCUT2D eigenvalue weighted by molar-refractivity contribution is 5.98. The first kappa shape index (κ1) is 32.4. The van der Waals surface area contributed by atoms with Gasteiger partial charge in [-0.3, -0.25) is 0 Å². The van der Waals surface area contributed by atoms with Crippen molar-refractivity contribution in [3.8, 4) is 0 Å². The van der Waals surface area contributed by atoms with Crippen LogP contribution in [0.3, 0.4) is 0 Å². The molecule has 0 saturated heterocycles. The molecule has 0 spiro atoms. The van der Waals surface area contributed by atoms with E-state index in [1.54, 1.807) is 0 Å². The number of para-hydroxylation sites is 1. The molecule has 0 bridgehead atoms. The lowest BCUT2D eigenvalue weighted by molar-refractivity contribution is 0.400. The van der Waals surface area contributed by atoms with Crippen molar-refractivity contribution in [1.82, 2.24) is 19.9 Å². The molecule has 4 aromatic carbocycles. The van der Waals surface area contributed by atoms with Gasteiger partial charge in [-0.25, -0.2) is 4.68 Å². The van der Waals surface area contributed by atoms with E-state index in [0.717, 1.165) is 43.4 Å². The predicted octanol–water partition coefficient (Wildman–Crippen LogP) is 10.1. The Morgan fingerprint density at radius 1 is 0.578 bits per heavy atom. The molecular weight excluding hydrogens is 548 g/mol. The van der Waals surface area contributed by atoms with Crippen molar-refractivity contribution in [2.75, 3.05) is 20.6 Å². The third-order valence-corrected chi connectivity index (χ3v) is 8.77. The number of benzene rings is 4. The zero-order valence-corrected chi connectivity index (χ0v) is 27.4. The van der Waals surface area contributed by atoms with E-state index < -0.39 is 0 Å². The van der Waals surface area contributed by atoms with Crippen LogP contribution in [0.5, 0.6) is 0 Å². The van der Waals surface area contributed by atoms with Gasteiger partial charge in [-0.2, -0.15) is 0 Å². The number of hydrogen-bond acceptors (Lipinski definition) is 3. The molecule has 0 aliphatic heterocycles. The standard InChI is InChI=1S/C41H50N4/c1-44(2)32-19-20-34-28-30-37(31-29-34)41(36-23-13-10-14-24-36)38(35-21-11-9-12-22-35)25-15-7-5-3-4-6-8-18-33-45-40-27-17-16-26-39(40)42-43-45/h9-14,16-17,21-24,26-31H,3-8,15,18-20,25,32-33H2,1-2H3/b41-38-. The van der Waals surface area contributed by atoms with Crippen LogP contribution < -0.4 is 0 Å². The van der Waals surface area contributed by atoms with Gasteiger partial charge in [0.25, 0.3) is 0 Å². The number of aryl methyl sites for hydroxylation is 2. The Morgan fingerprint density at radius 2 is 1.16 bits per heavy atom. The average molecular weight is 599 g/mol. The molecule has 1 heterocycles. The largest absolute Gasteiger partial charge is 0.309 e. The molecule has 0 aliphatic carbocycles. The number of nitrogens with zero attached hydrogens (tertiary/aromatic N) is 4. The summed E-state index contributed by atoms with van der Waals surface area (Å²) in [5, 5.41) is 8.61. The molecular formula is C41H50N4. The van der Waals surface area contributed by atoms with Gasteiger partial charge in [0.15, 0.2) is 0 Å². The smallest absolute Gasteiger partial charge is 0.113 e. The fourth-order valence-electron chi connectivity index (χ4n) is 6.32. The maximum atomic E-state index is 4.33. The van der Waals surface area contributed by atoms with E-state index >= 15 is 0 Å². The summed E-state index contributed by atoms with van der Waals surface area (Å²) in [4.78, 5) is 2.26. The molecule has 45 heavy (non-hydrogen) atoms. The van der Waals surface area contributed by atoms with Crippen LogP contribution >= 0.6 is 0 Å². The van der Waals surface area contributed by atoms with Crippen molar-refractivity contribution in [2.45, 2.75) is 77.2 Å². The summed E-state index contributed by atoms with van der Waals surface area (Å²) in [5.41, 5.74) is 10.3. The minimum absolute atomic E-state index is 0.956. The highest BCUT2D eigenvalue weighted by Gasteiger charge is 2.14. The van der Waals surface area contributed by atoms with Crippen LogP contribution in [0, 0.1) is 0 Å². The van der Waals surface area contributed by atoms with Crippen molar-refractivity contribution in [2.24, 2.45) is 0 Å². The molecule has 0 fully saturated rings. The Hall–Kier alpha value is -4.02. The summed E-state index contributed by atoms with van der Waals surface area (Å²) >= 11 is 0. The first-order chi connectivity index (χ1) is 22.2. The van der Waals surface area contributed by atoms with Crippen LogP contribution in [0.15, 0.2) is 109 Å². The third-order valence-electron chi connectivity index (χ3n) is 8.77. The third kappa shape index (κ3) is 9.73. The highest BCUT2D eigenvalue weighted by atomic mass is 15.4. The van der Waals surface area contributed by atoms with E-state index in [4.69, 9.17) is 0 Å². The van der Waals surface area contributed by atoms with E-state index in [0.29, 0.717) is 0 Å². The van der Waals surface area contributed by atoms with Gasteiger partial charge in [0.05, 0.1) is 5.52 Å². The Bertz CT molecular complexity index is 1580. The number of aromatic nitrogens is 3. The molecule has 5 aromatic rings. The summed E-state index contributed by atoms with van der Waals surface area (Å²) in [7, 11) is 4.30. The van der Waals surface area contributed by atoms with Gasteiger partial charge in [0.2, 0.25) is 0 Å². The van der Waals surface area contributed by atoms with Gasteiger partial charge in [0.1, 0.15) is 5.52 Å². The Kier molecular flexibility index (Phi) is 12.6. The van der Waals surface area contributed by atoms with Crippen molar-refractivity contribution in [3.05, 3.63) is 131 Å². The number of rotatable bonds is 18. The fourth-order valence-corrected chi connectivity index (χ4v) is 6.32. The zero-order chi connectivity index (χ0) is 31.1.